The third-order valence-corrected chi connectivity index (χ3v) is 3.85. The van der Waals surface area contributed by atoms with Gasteiger partial charge in [-0.15, -0.1) is 0 Å². The third-order valence-electron chi connectivity index (χ3n) is 3.85. The fourth-order valence-corrected chi connectivity index (χ4v) is 2.67. The van der Waals surface area contributed by atoms with Crippen molar-refractivity contribution in [3.05, 3.63) is 54.6 Å². The van der Waals surface area contributed by atoms with E-state index in [-0.39, 0.29) is 0 Å². The highest BCUT2D eigenvalue weighted by molar-refractivity contribution is 5.96. The van der Waals surface area contributed by atoms with Gasteiger partial charge in [0.1, 0.15) is 11.5 Å². The number of hydrazone groups is 1. The molecule has 0 unspecified atom stereocenters. The highest BCUT2D eigenvalue weighted by Crippen LogP contribution is 2.24. The van der Waals surface area contributed by atoms with Gasteiger partial charge in [0.25, 0.3) is 0 Å². The topological polar surface area (TPSA) is 53.9 Å². The second kappa shape index (κ2) is 7.86. The van der Waals surface area contributed by atoms with Crippen molar-refractivity contribution in [3.8, 4) is 11.5 Å². The minimum Gasteiger partial charge on any atom is -0.457 e. The van der Waals surface area contributed by atoms with Crippen molar-refractivity contribution in [2.45, 2.75) is 6.42 Å². The molecular weight excluding hydrogens is 300 g/mol. The summed E-state index contributed by atoms with van der Waals surface area (Å²) in [6.07, 6.45) is 2.82. The van der Waals surface area contributed by atoms with Crippen LogP contribution in [0.15, 0.2) is 59.7 Å². The molecule has 0 amide bonds. The Kier molecular flexibility index (Phi) is 5.36. The van der Waals surface area contributed by atoms with Gasteiger partial charge in [0.15, 0.2) is 0 Å². The van der Waals surface area contributed by atoms with E-state index < -0.39 is 0 Å². The Balaban J connectivity index is 1.73. The number of nitrogens with two attached hydrogens (primary N) is 1. The van der Waals surface area contributed by atoms with Crippen LogP contribution in [0.4, 0.5) is 5.69 Å². The van der Waals surface area contributed by atoms with Crippen LogP contribution in [0.25, 0.3) is 0 Å². The van der Waals surface area contributed by atoms with Crippen LogP contribution in [0.1, 0.15) is 6.42 Å². The molecule has 1 heterocycles. The summed E-state index contributed by atoms with van der Waals surface area (Å²) < 4.78 is 7.83. The van der Waals surface area contributed by atoms with Gasteiger partial charge in [-0.25, -0.2) is 0 Å². The molecule has 3 rings (SSSR count). The Hall–Kier alpha value is -2.50. The van der Waals surface area contributed by atoms with Gasteiger partial charge in [0.2, 0.25) is 11.4 Å². The fourth-order valence-electron chi connectivity index (χ4n) is 2.67. The molecule has 5 nitrogen and oxygen atoms in total. The van der Waals surface area contributed by atoms with Crippen LogP contribution < -0.4 is 10.5 Å². The number of hydrogen-bond acceptors (Lipinski definition) is 4. The molecule has 0 saturated heterocycles. The van der Waals surface area contributed by atoms with E-state index in [0.717, 1.165) is 36.7 Å². The van der Waals surface area contributed by atoms with Crippen LogP contribution in [0.5, 0.6) is 11.5 Å². The highest BCUT2D eigenvalue weighted by Gasteiger charge is 2.23. The van der Waals surface area contributed by atoms with E-state index >= 15 is 0 Å². The van der Waals surface area contributed by atoms with E-state index in [1.165, 1.54) is 5.71 Å². The standard InChI is InChI=1S/C19H23N4O/c1-22(14-12-20)15-17-11-13-21-23(17)16-7-9-19(10-8-16)24-18-5-3-2-4-6-18/h2-10,13H,11-12,14-15,20H2,1H3/q+1. The number of para-hydroxylation sites is 1. The van der Waals surface area contributed by atoms with E-state index in [1.54, 1.807) is 0 Å². The molecule has 0 fully saturated rings. The summed E-state index contributed by atoms with van der Waals surface area (Å²) in [6, 6.07) is 17.8. The van der Waals surface area contributed by atoms with Crippen molar-refractivity contribution in [2.24, 2.45) is 10.8 Å². The zero-order valence-electron chi connectivity index (χ0n) is 13.9. The SMILES string of the molecule is CN(CCN)CC1=[N+](c2ccc(Oc3ccccc3)cc2)N=CC1. The van der Waals surface area contributed by atoms with Crippen molar-refractivity contribution in [2.75, 3.05) is 26.7 Å². The molecule has 24 heavy (non-hydrogen) atoms. The van der Waals surface area contributed by atoms with Crippen molar-refractivity contribution < 1.29 is 9.42 Å². The summed E-state index contributed by atoms with van der Waals surface area (Å²) in [6.45, 7) is 2.40. The van der Waals surface area contributed by atoms with Gasteiger partial charge in [0.05, 0.1) is 19.2 Å². The van der Waals surface area contributed by atoms with Gasteiger partial charge in [-0.05, 0) is 36.4 Å². The molecule has 0 aliphatic carbocycles. The zero-order valence-corrected chi connectivity index (χ0v) is 13.9. The van der Waals surface area contributed by atoms with E-state index in [0.29, 0.717) is 6.54 Å². The Morgan fingerprint density at radius 3 is 2.50 bits per heavy atom. The fraction of sp³-hybridized carbons (Fsp3) is 0.263. The lowest BCUT2D eigenvalue weighted by Crippen LogP contribution is -2.32. The molecule has 2 aromatic rings. The smallest absolute Gasteiger partial charge is 0.238 e. The van der Waals surface area contributed by atoms with Crippen molar-refractivity contribution in [1.29, 1.82) is 0 Å². The number of likely N-dealkylation sites (N-methyl/N-ethyl adjacent to an activating group) is 1. The summed E-state index contributed by atoms with van der Waals surface area (Å²) in [5, 5.41) is 4.49. The minimum absolute atomic E-state index is 0.663. The molecule has 2 aromatic carbocycles. The molecule has 0 spiro atoms. The van der Waals surface area contributed by atoms with Crippen LogP contribution in [0.2, 0.25) is 0 Å². The lowest BCUT2D eigenvalue weighted by molar-refractivity contribution is -0.443. The van der Waals surface area contributed by atoms with E-state index in [4.69, 9.17) is 10.5 Å². The Bertz CT molecular complexity index is 723. The predicted octanol–water partition coefficient (Wildman–Crippen LogP) is 2.84. The van der Waals surface area contributed by atoms with Gasteiger partial charge >= 0.3 is 0 Å². The van der Waals surface area contributed by atoms with E-state index in [2.05, 4.69) is 17.0 Å². The first kappa shape index (κ1) is 16.4. The quantitative estimate of drug-likeness (QED) is 0.797. The first-order valence-corrected chi connectivity index (χ1v) is 8.15. The number of nitrogens with zero attached hydrogens (tertiary/aromatic N) is 3. The largest absolute Gasteiger partial charge is 0.457 e. The monoisotopic (exact) mass is 323 g/mol. The highest BCUT2D eigenvalue weighted by atomic mass is 16.5. The van der Waals surface area contributed by atoms with Gasteiger partial charge in [-0.2, -0.15) is 0 Å². The van der Waals surface area contributed by atoms with Crippen LogP contribution in [0, 0.1) is 0 Å². The number of ether oxygens (including phenoxy) is 1. The summed E-state index contributed by atoms with van der Waals surface area (Å²) in [5.74, 6) is 1.65. The van der Waals surface area contributed by atoms with Crippen LogP contribution in [-0.4, -0.2) is 48.2 Å². The summed E-state index contributed by atoms with van der Waals surface area (Å²) in [7, 11) is 2.08. The maximum atomic E-state index is 5.83. The summed E-state index contributed by atoms with van der Waals surface area (Å²) in [5.41, 5.74) is 7.91. The van der Waals surface area contributed by atoms with Gasteiger partial charge < -0.3 is 10.5 Å². The third kappa shape index (κ3) is 4.07. The molecule has 0 atom stereocenters. The molecule has 1 aliphatic rings. The zero-order chi connectivity index (χ0) is 16.8. The number of hydrogen-bond donors (Lipinski definition) is 1. The van der Waals surface area contributed by atoms with Gasteiger partial charge in [0, 0.05) is 25.2 Å². The normalized spacial score (nSPS) is 13.8. The maximum Gasteiger partial charge on any atom is 0.238 e. The van der Waals surface area contributed by atoms with E-state index in [1.807, 2.05) is 65.5 Å². The molecule has 1 aliphatic heterocycles. The Labute approximate surface area is 142 Å². The second-order valence-electron chi connectivity index (χ2n) is 5.82. The summed E-state index contributed by atoms with van der Waals surface area (Å²) in [4.78, 5) is 2.21. The first-order valence-electron chi connectivity index (χ1n) is 8.15. The average molecular weight is 323 g/mol. The number of benzene rings is 2. The predicted molar refractivity (Wildman–Crippen MR) is 97.5 cm³/mol. The summed E-state index contributed by atoms with van der Waals surface area (Å²) >= 11 is 0. The lowest BCUT2D eigenvalue weighted by Gasteiger charge is -2.12. The molecule has 0 radical (unpaired) electrons. The maximum absolute atomic E-state index is 5.83. The van der Waals surface area contributed by atoms with Gasteiger partial charge in [-0.3, -0.25) is 4.90 Å². The molecule has 0 aromatic heterocycles. The van der Waals surface area contributed by atoms with Crippen LogP contribution in [0.3, 0.4) is 0 Å². The Morgan fingerprint density at radius 1 is 1.08 bits per heavy atom. The van der Waals surface area contributed by atoms with Gasteiger partial charge in [-0.1, -0.05) is 22.9 Å². The Morgan fingerprint density at radius 2 is 1.79 bits per heavy atom. The molecule has 0 bridgehead atoms. The first-order chi connectivity index (χ1) is 11.8. The van der Waals surface area contributed by atoms with Crippen LogP contribution in [-0.2, 0) is 0 Å². The molecule has 0 saturated carbocycles. The van der Waals surface area contributed by atoms with Crippen molar-refractivity contribution >= 4 is 17.6 Å². The number of rotatable bonds is 7. The molecule has 5 heteroatoms. The lowest BCUT2D eigenvalue weighted by atomic mass is 10.2. The molecule has 2 N–H and O–H groups in total. The minimum atomic E-state index is 0.663. The second-order valence-corrected chi connectivity index (χ2v) is 5.82. The van der Waals surface area contributed by atoms with Crippen LogP contribution >= 0.6 is 0 Å². The van der Waals surface area contributed by atoms with E-state index in [9.17, 15) is 0 Å². The molecule has 124 valence electrons. The van der Waals surface area contributed by atoms with Crippen molar-refractivity contribution in [1.82, 2.24) is 4.90 Å². The van der Waals surface area contributed by atoms with Crippen molar-refractivity contribution in [3.63, 3.8) is 0 Å². The average Bonchev–Trinajstić information content (AvgIpc) is 3.05. The molecular formula is C19H23N4O+.